The third-order valence-electron chi connectivity index (χ3n) is 4.37. The van der Waals surface area contributed by atoms with Gasteiger partial charge in [-0.2, -0.15) is 0 Å². The quantitative estimate of drug-likeness (QED) is 0.799. The van der Waals surface area contributed by atoms with Crippen molar-refractivity contribution in [2.75, 3.05) is 6.61 Å². The van der Waals surface area contributed by atoms with Gasteiger partial charge >= 0.3 is 0 Å². The monoisotopic (exact) mass is 328 g/mol. The number of fused-ring (bicyclic) bond motifs is 1. The molecule has 0 aromatic heterocycles. The Morgan fingerprint density at radius 2 is 1.70 bits per heavy atom. The normalized spacial score (nSPS) is 45.2. The summed E-state index contributed by atoms with van der Waals surface area (Å²) in [5, 5.41) is 11.4. The van der Waals surface area contributed by atoms with Gasteiger partial charge in [-0.05, 0) is 33.6 Å². The average Bonchev–Trinajstić information content (AvgIpc) is 2.99. The highest BCUT2D eigenvalue weighted by atomic mass is 16.8. The number of aliphatic hydroxyl groups is 1. The fraction of sp³-hybridized carbons (Fsp3) is 0.882. The van der Waals surface area contributed by atoms with Gasteiger partial charge in [0.1, 0.15) is 23.9 Å². The molecule has 132 valence electrons. The summed E-state index contributed by atoms with van der Waals surface area (Å²) in [6.45, 7) is 11.8. The van der Waals surface area contributed by atoms with Crippen molar-refractivity contribution in [2.45, 2.75) is 83.3 Å². The van der Waals surface area contributed by atoms with Crippen LogP contribution in [0.3, 0.4) is 0 Å². The van der Waals surface area contributed by atoms with Gasteiger partial charge in [-0.25, -0.2) is 0 Å². The van der Waals surface area contributed by atoms with E-state index in [4.69, 9.17) is 23.7 Å². The largest absolute Gasteiger partial charge is 0.380 e. The van der Waals surface area contributed by atoms with Crippen LogP contribution in [-0.4, -0.2) is 53.5 Å². The van der Waals surface area contributed by atoms with Gasteiger partial charge in [-0.15, -0.1) is 0 Å². The molecule has 0 radical (unpaired) electrons. The smallest absolute Gasteiger partial charge is 0.191 e. The standard InChI is InChI=1S/C17H28O6/c1-10(2)7-8-17(18)12(11-9-19-15(3,4)21-11)20-14-13(17)22-16(5,6)23-14/h7-8,10-14,18H,9H2,1-6H3/b8-7+/t11-,12-,13+,14-,17-/m1/s1. The Bertz CT molecular complexity index is 485. The molecule has 3 fully saturated rings. The van der Waals surface area contributed by atoms with E-state index in [0.29, 0.717) is 12.5 Å². The van der Waals surface area contributed by atoms with Gasteiger partial charge in [0.15, 0.2) is 17.9 Å². The second-order valence-corrected chi connectivity index (χ2v) is 7.84. The summed E-state index contributed by atoms with van der Waals surface area (Å²) in [6, 6.07) is 0. The lowest BCUT2D eigenvalue weighted by Gasteiger charge is -2.34. The molecule has 0 aliphatic carbocycles. The van der Waals surface area contributed by atoms with Gasteiger partial charge < -0.3 is 28.8 Å². The van der Waals surface area contributed by atoms with E-state index in [2.05, 4.69) is 13.8 Å². The Kier molecular flexibility index (Phi) is 4.15. The average molecular weight is 328 g/mol. The van der Waals surface area contributed by atoms with Crippen LogP contribution in [-0.2, 0) is 23.7 Å². The minimum Gasteiger partial charge on any atom is -0.380 e. The molecule has 3 saturated heterocycles. The molecule has 3 aliphatic rings. The Morgan fingerprint density at radius 1 is 1.00 bits per heavy atom. The molecule has 0 saturated carbocycles. The van der Waals surface area contributed by atoms with Crippen LogP contribution >= 0.6 is 0 Å². The van der Waals surface area contributed by atoms with Crippen LogP contribution < -0.4 is 0 Å². The predicted molar refractivity (Wildman–Crippen MR) is 82.5 cm³/mol. The molecule has 3 heterocycles. The van der Waals surface area contributed by atoms with Crippen LogP contribution in [0.15, 0.2) is 12.2 Å². The molecule has 6 heteroatoms. The van der Waals surface area contributed by atoms with Gasteiger partial charge in [0.2, 0.25) is 0 Å². The topological polar surface area (TPSA) is 66.4 Å². The third-order valence-corrected chi connectivity index (χ3v) is 4.37. The summed E-state index contributed by atoms with van der Waals surface area (Å²) in [7, 11) is 0. The van der Waals surface area contributed by atoms with E-state index in [1.165, 1.54) is 0 Å². The van der Waals surface area contributed by atoms with Gasteiger partial charge in [-0.1, -0.05) is 26.0 Å². The molecule has 0 bridgehead atoms. The Morgan fingerprint density at radius 3 is 2.26 bits per heavy atom. The SMILES string of the molecule is CC(C)/C=C/[C@@]1(O)[C@@H]([C@H]2COC(C)(C)O2)O[C@@H]2OC(C)(C)O[C@@H]21. The van der Waals surface area contributed by atoms with E-state index < -0.39 is 35.7 Å². The van der Waals surface area contributed by atoms with Crippen molar-refractivity contribution in [1.29, 1.82) is 0 Å². The molecule has 0 aromatic rings. The van der Waals surface area contributed by atoms with Gasteiger partial charge in [0, 0.05) is 0 Å². The third kappa shape index (κ3) is 3.21. The Balaban J connectivity index is 1.87. The van der Waals surface area contributed by atoms with E-state index in [1.54, 1.807) is 6.08 Å². The van der Waals surface area contributed by atoms with Crippen LogP contribution in [0.2, 0.25) is 0 Å². The van der Waals surface area contributed by atoms with Crippen LogP contribution in [0.25, 0.3) is 0 Å². The predicted octanol–water partition coefficient (Wildman–Crippen LogP) is 1.96. The number of ether oxygens (including phenoxy) is 5. The fourth-order valence-electron chi connectivity index (χ4n) is 3.34. The molecular weight excluding hydrogens is 300 g/mol. The molecule has 5 atom stereocenters. The van der Waals surface area contributed by atoms with Crippen molar-refractivity contribution in [3.63, 3.8) is 0 Å². The summed E-state index contributed by atoms with van der Waals surface area (Å²) in [5.74, 6) is -1.17. The molecule has 3 aliphatic heterocycles. The minimum absolute atomic E-state index is 0.297. The zero-order valence-corrected chi connectivity index (χ0v) is 14.7. The highest BCUT2D eigenvalue weighted by molar-refractivity contribution is 5.18. The van der Waals surface area contributed by atoms with Crippen LogP contribution in [0.1, 0.15) is 41.5 Å². The first-order chi connectivity index (χ1) is 10.5. The van der Waals surface area contributed by atoms with Crippen molar-refractivity contribution in [1.82, 2.24) is 0 Å². The van der Waals surface area contributed by atoms with Crippen molar-refractivity contribution in [3.05, 3.63) is 12.2 Å². The molecule has 1 N–H and O–H groups in total. The second-order valence-electron chi connectivity index (χ2n) is 7.84. The van der Waals surface area contributed by atoms with Gasteiger partial charge in [0.25, 0.3) is 0 Å². The lowest BCUT2D eigenvalue weighted by atomic mass is 9.88. The summed E-state index contributed by atoms with van der Waals surface area (Å²) in [5.41, 5.74) is -1.32. The van der Waals surface area contributed by atoms with Crippen molar-refractivity contribution in [3.8, 4) is 0 Å². The van der Waals surface area contributed by atoms with Crippen molar-refractivity contribution >= 4 is 0 Å². The molecular formula is C17H28O6. The zero-order valence-electron chi connectivity index (χ0n) is 14.7. The highest BCUT2D eigenvalue weighted by Gasteiger charge is 2.65. The maximum absolute atomic E-state index is 11.4. The summed E-state index contributed by atoms with van der Waals surface area (Å²) >= 11 is 0. The van der Waals surface area contributed by atoms with Gasteiger partial charge in [0.05, 0.1) is 6.61 Å². The van der Waals surface area contributed by atoms with Crippen LogP contribution in [0, 0.1) is 5.92 Å². The molecule has 6 nitrogen and oxygen atoms in total. The number of hydrogen-bond acceptors (Lipinski definition) is 6. The summed E-state index contributed by atoms with van der Waals surface area (Å²) in [6.07, 6.45) is 1.52. The molecule has 0 spiro atoms. The number of rotatable bonds is 3. The molecule has 0 aromatic carbocycles. The number of allylic oxidation sites excluding steroid dienone is 1. The Labute approximate surface area is 137 Å². The van der Waals surface area contributed by atoms with E-state index in [-0.39, 0.29) is 6.10 Å². The first-order valence-electron chi connectivity index (χ1n) is 8.27. The molecule has 0 amide bonds. The minimum atomic E-state index is -1.32. The van der Waals surface area contributed by atoms with Crippen molar-refractivity contribution < 1.29 is 28.8 Å². The maximum Gasteiger partial charge on any atom is 0.191 e. The van der Waals surface area contributed by atoms with E-state index in [1.807, 2.05) is 33.8 Å². The molecule has 23 heavy (non-hydrogen) atoms. The van der Waals surface area contributed by atoms with Crippen LogP contribution in [0.4, 0.5) is 0 Å². The van der Waals surface area contributed by atoms with Crippen molar-refractivity contribution in [2.24, 2.45) is 5.92 Å². The Hall–Kier alpha value is -0.500. The lowest BCUT2D eigenvalue weighted by Crippen LogP contribution is -2.52. The lowest BCUT2D eigenvalue weighted by molar-refractivity contribution is -0.241. The number of hydrogen-bond donors (Lipinski definition) is 1. The van der Waals surface area contributed by atoms with E-state index >= 15 is 0 Å². The maximum atomic E-state index is 11.4. The molecule has 0 unspecified atom stereocenters. The molecule has 3 rings (SSSR count). The first-order valence-corrected chi connectivity index (χ1v) is 8.27. The summed E-state index contributed by atoms with van der Waals surface area (Å²) < 4.78 is 29.2. The highest BCUT2D eigenvalue weighted by Crippen LogP contribution is 2.46. The van der Waals surface area contributed by atoms with Gasteiger partial charge in [-0.3, -0.25) is 0 Å². The second kappa shape index (κ2) is 5.51. The zero-order chi connectivity index (χ0) is 17.0. The fourth-order valence-corrected chi connectivity index (χ4v) is 3.34. The van der Waals surface area contributed by atoms with E-state index in [9.17, 15) is 5.11 Å². The van der Waals surface area contributed by atoms with Crippen LogP contribution in [0.5, 0.6) is 0 Å². The van der Waals surface area contributed by atoms with E-state index in [0.717, 1.165) is 0 Å². The summed E-state index contributed by atoms with van der Waals surface area (Å²) in [4.78, 5) is 0. The first kappa shape index (κ1) is 17.3.